The summed E-state index contributed by atoms with van der Waals surface area (Å²) in [5.41, 5.74) is 3.49. The van der Waals surface area contributed by atoms with Crippen molar-refractivity contribution in [1.29, 1.82) is 0 Å². The summed E-state index contributed by atoms with van der Waals surface area (Å²) >= 11 is 1.31. The number of nitrogens with one attached hydrogen (secondary N) is 1. The molecule has 4 rings (SSSR count). The van der Waals surface area contributed by atoms with Crippen molar-refractivity contribution in [2.75, 3.05) is 24.4 Å². The summed E-state index contributed by atoms with van der Waals surface area (Å²) in [6, 6.07) is 19.2. The molecule has 0 saturated heterocycles. The number of methoxy groups -OCH3 is 1. The Morgan fingerprint density at radius 3 is 2.58 bits per heavy atom. The van der Waals surface area contributed by atoms with Crippen LogP contribution in [0, 0.1) is 0 Å². The van der Waals surface area contributed by atoms with E-state index in [1.165, 1.54) is 11.3 Å². The monoisotopic (exact) mass is 431 g/mol. The lowest BCUT2D eigenvalue weighted by Crippen LogP contribution is -2.17. The van der Waals surface area contributed by atoms with Crippen molar-refractivity contribution >= 4 is 28.1 Å². The first-order chi connectivity index (χ1) is 15.1. The predicted octanol–water partition coefficient (Wildman–Crippen LogP) is 4.50. The highest BCUT2D eigenvalue weighted by Gasteiger charge is 2.15. The van der Waals surface area contributed by atoms with Crippen LogP contribution >= 0.6 is 11.3 Å². The number of anilines is 2. The molecule has 1 amide bonds. The molecule has 4 aromatic rings. The number of carbonyl (C=O) groups is 1. The fourth-order valence-electron chi connectivity index (χ4n) is 3.10. The fraction of sp³-hybridized carbons (Fsp3) is 0.130. The lowest BCUT2D eigenvalue weighted by molar-refractivity contribution is 0.102. The van der Waals surface area contributed by atoms with Crippen molar-refractivity contribution in [1.82, 2.24) is 15.2 Å². The van der Waals surface area contributed by atoms with E-state index >= 15 is 0 Å². The smallest absolute Gasteiger partial charge is 0.257 e. The number of carbonyl (C=O) groups excluding carboxylic acids is 1. The van der Waals surface area contributed by atoms with E-state index in [2.05, 4.69) is 37.5 Å². The third-order valence-corrected chi connectivity index (χ3v) is 5.61. The lowest BCUT2D eigenvalue weighted by atomic mass is 10.1. The SMILES string of the molecule is COc1cc(C(=O)Nc2nnc(-c3ccncc3)s2)ccc1CN(C)c1ccccc1. The van der Waals surface area contributed by atoms with Gasteiger partial charge in [0.25, 0.3) is 5.91 Å². The quantitative estimate of drug-likeness (QED) is 0.464. The van der Waals surface area contributed by atoms with E-state index in [-0.39, 0.29) is 5.91 Å². The molecule has 0 atom stereocenters. The van der Waals surface area contributed by atoms with Crippen LogP contribution in [0.1, 0.15) is 15.9 Å². The van der Waals surface area contributed by atoms with E-state index in [9.17, 15) is 4.79 Å². The highest BCUT2D eigenvalue weighted by atomic mass is 32.1. The van der Waals surface area contributed by atoms with E-state index in [0.717, 1.165) is 21.8 Å². The molecule has 0 unspecified atom stereocenters. The fourth-order valence-corrected chi connectivity index (χ4v) is 3.84. The van der Waals surface area contributed by atoms with Crippen LogP contribution in [0.15, 0.2) is 73.1 Å². The van der Waals surface area contributed by atoms with E-state index in [1.807, 2.05) is 43.4 Å². The predicted molar refractivity (Wildman–Crippen MR) is 123 cm³/mol. The average Bonchev–Trinajstić information content (AvgIpc) is 3.29. The minimum atomic E-state index is -0.265. The molecule has 0 aliphatic heterocycles. The molecule has 0 spiro atoms. The molecule has 0 saturated carbocycles. The Kier molecular flexibility index (Phi) is 6.18. The lowest BCUT2D eigenvalue weighted by Gasteiger charge is -2.21. The summed E-state index contributed by atoms with van der Waals surface area (Å²) < 4.78 is 5.55. The van der Waals surface area contributed by atoms with Gasteiger partial charge in [-0.15, -0.1) is 10.2 Å². The van der Waals surface area contributed by atoms with Gasteiger partial charge in [-0.3, -0.25) is 15.1 Å². The Labute approximate surface area is 184 Å². The zero-order valence-corrected chi connectivity index (χ0v) is 18.0. The van der Waals surface area contributed by atoms with Gasteiger partial charge in [0.2, 0.25) is 5.13 Å². The van der Waals surface area contributed by atoms with Gasteiger partial charge in [-0.05, 0) is 36.4 Å². The van der Waals surface area contributed by atoms with Crippen LogP contribution in [0.5, 0.6) is 5.75 Å². The molecule has 0 aliphatic carbocycles. The summed E-state index contributed by atoms with van der Waals surface area (Å²) in [4.78, 5) is 18.9. The Hall–Kier alpha value is -3.78. The zero-order chi connectivity index (χ0) is 21.6. The number of hydrogen-bond donors (Lipinski definition) is 1. The van der Waals surface area contributed by atoms with Crippen LogP contribution in [0.3, 0.4) is 0 Å². The number of aromatic nitrogens is 3. The van der Waals surface area contributed by atoms with Gasteiger partial charge < -0.3 is 9.64 Å². The van der Waals surface area contributed by atoms with E-state index < -0.39 is 0 Å². The molecule has 0 bridgehead atoms. The molecule has 0 radical (unpaired) electrons. The topological polar surface area (TPSA) is 80.2 Å². The first-order valence-corrected chi connectivity index (χ1v) is 10.4. The maximum atomic E-state index is 12.7. The van der Waals surface area contributed by atoms with Crippen molar-refractivity contribution in [3.8, 4) is 16.3 Å². The van der Waals surface area contributed by atoms with Crippen molar-refractivity contribution in [2.24, 2.45) is 0 Å². The van der Waals surface area contributed by atoms with Crippen LogP contribution in [-0.4, -0.2) is 35.2 Å². The molecule has 8 heteroatoms. The molecule has 1 N–H and O–H groups in total. The second-order valence-electron chi connectivity index (χ2n) is 6.82. The number of rotatable bonds is 7. The summed E-state index contributed by atoms with van der Waals surface area (Å²) in [5, 5.41) is 12.2. The van der Waals surface area contributed by atoms with Gasteiger partial charge in [-0.25, -0.2) is 0 Å². The van der Waals surface area contributed by atoms with Gasteiger partial charge in [0, 0.05) is 48.4 Å². The van der Waals surface area contributed by atoms with Crippen LogP contribution in [0.25, 0.3) is 10.6 Å². The van der Waals surface area contributed by atoms with E-state index in [1.54, 1.807) is 31.6 Å². The maximum Gasteiger partial charge on any atom is 0.257 e. The molecule has 0 aliphatic rings. The number of amides is 1. The number of pyridine rings is 1. The van der Waals surface area contributed by atoms with Crippen LogP contribution in [0.2, 0.25) is 0 Å². The van der Waals surface area contributed by atoms with Crippen molar-refractivity contribution in [2.45, 2.75) is 6.54 Å². The maximum absolute atomic E-state index is 12.7. The van der Waals surface area contributed by atoms with Crippen LogP contribution in [0.4, 0.5) is 10.8 Å². The van der Waals surface area contributed by atoms with Crippen LogP contribution in [-0.2, 0) is 6.54 Å². The number of ether oxygens (including phenoxy) is 1. The van der Waals surface area contributed by atoms with Gasteiger partial charge in [-0.2, -0.15) is 0 Å². The summed E-state index contributed by atoms with van der Waals surface area (Å²) in [6.07, 6.45) is 3.39. The third kappa shape index (κ3) is 4.87. The minimum absolute atomic E-state index is 0.265. The minimum Gasteiger partial charge on any atom is -0.496 e. The van der Waals surface area contributed by atoms with Gasteiger partial charge in [0.05, 0.1) is 7.11 Å². The number of para-hydroxylation sites is 1. The molecule has 0 fully saturated rings. The molecule has 31 heavy (non-hydrogen) atoms. The van der Waals surface area contributed by atoms with E-state index in [4.69, 9.17) is 4.74 Å². The first-order valence-electron chi connectivity index (χ1n) is 9.62. The second kappa shape index (κ2) is 9.36. The Balaban J connectivity index is 1.47. The van der Waals surface area contributed by atoms with Crippen molar-refractivity contribution < 1.29 is 9.53 Å². The molecule has 2 aromatic carbocycles. The molecule has 2 aromatic heterocycles. The standard InChI is InChI=1S/C23H21N5O2S/c1-28(19-6-4-3-5-7-19)15-18-9-8-17(14-20(18)30-2)21(29)25-23-27-26-22(31-23)16-10-12-24-13-11-16/h3-14H,15H2,1-2H3,(H,25,27,29). The largest absolute Gasteiger partial charge is 0.496 e. The van der Waals surface area contributed by atoms with Crippen molar-refractivity contribution in [3.05, 3.63) is 84.2 Å². The summed E-state index contributed by atoms with van der Waals surface area (Å²) in [5.74, 6) is 0.392. The molecular weight excluding hydrogens is 410 g/mol. The number of hydrogen-bond acceptors (Lipinski definition) is 7. The Morgan fingerprint density at radius 2 is 1.84 bits per heavy atom. The highest BCUT2D eigenvalue weighted by molar-refractivity contribution is 7.18. The third-order valence-electron chi connectivity index (χ3n) is 4.73. The second-order valence-corrected chi connectivity index (χ2v) is 7.80. The normalized spacial score (nSPS) is 10.5. The van der Waals surface area contributed by atoms with Gasteiger partial charge >= 0.3 is 0 Å². The molecule has 7 nitrogen and oxygen atoms in total. The summed E-state index contributed by atoms with van der Waals surface area (Å²) in [7, 11) is 3.63. The Morgan fingerprint density at radius 1 is 1.06 bits per heavy atom. The highest BCUT2D eigenvalue weighted by Crippen LogP contribution is 2.27. The zero-order valence-electron chi connectivity index (χ0n) is 17.1. The molecule has 156 valence electrons. The summed E-state index contributed by atoms with van der Waals surface area (Å²) in [6.45, 7) is 0.654. The number of nitrogens with zero attached hydrogens (tertiary/aromatic N) is 4. The van der Waals surface area contributed by atoms with Crippen LogP contribution < -0.4 is 15.0 Å². The number of benzene rings is 2. The Bertz CT molecular complexity index is 1170. The first kappa shape index (κ1) is 20.5. The molecule has 2 heterocycles. The van der Waals surface area contributed by atoms with Gasteiger partial charge in [0.15, 0.2) is 0 Å². The van der Waals surface area contributed by atoms with Gasteiger partial charge in [0.1, 0.15) is 10.8 Å². The van der Waals surface area contributed by atoms with Gasteiger partial charge in [-0.1, -0.05) is 35.6 Å². The average molecular weight is 432 g/mol. The van der Waals surface area contributed by atoms with Crippen molar-refractivity contribution in [3.63, 3.8) is 0 Å². The molecular formula is C23H21N5O2S. The van der Waals surface area contributed by atoms with E-state index in [0.29, 0.717) is 23.0 Å².